The molecule has 0 aromatic heterocycles. The average Bonchev–Trinajstić information content (AvgIpc) is 2.87. The third-order valence-electron chi connectivity index (χ3n) is 3.85. The largest absolute Gasteiger partial charge is 0.497 e. The van der Waals surface area contributed by atoms with Gasteiger partial charge in [0.2, 0.25) is 0 Å². The molecule has 1 aromatic carbocycles. The first-order valence-electron chi connectivity index (χ1n) is 7.39. The number of nitrogens with zero attached hydrogens (tertiary/aromatic N) is 1. The van der Waals surface area contributed by atoms with Crippen molar-refractivity contribution >= 4 is 21.6 Å². The molecular formula is C15H22N2O5S. The number of sulfone groups is 1. The Balaban J connectivity index is 2.13. The van der Waals surface area contributed by atoms with Crippen LogP contribution in [0.1, 0.15) is 13.3 Å². The van der Waals surface area contributed by atoms with E-state index in [4.69, 9.17) is 9.47 Å². The second-order valence-electron chi connectivity index (χ2n) is 5.37. The van der Waals surface area contributed by atoms with E-state index in [9.17, 15) is 13.2 Å². The Bertz CT molecular complexity index is 652. The maximum Gasteiger partial charge on any atom is 0.322 e. The molecule has 1 N–H and O–H groups in total. The van der Waals surface area contributed by atoms with E-state index in [-0.39, 0.29) is 23.6 Å². The van der Waals surface area contributed by atoms with E-state index < -0.39 is 9.84 Å². The summed E-state index contributed by atoms with van der Waals surface area (Å²) in [4.78, 5) is 14.0. The summed E-state index contributed by atoms with van der Waals surface area (Å²) in [5, 5.41) is 2.78. The van der Waals surface area contributed by atoms with Crippen LogP contribution in [0.25, 0.3) is 0 Å². The molecule has 0 bridgehead atoms. The van der Waals surface area contributed by atoms with Gasteiger partial charge in [0.15, 0.2) is 9.84 Å². The molecule has 0 aliphatic carbocycles. The monoisotopic (exact) mass is 342 g/mol. The number of carbonyl (C=O) groups excluding carboxylic acids is 1. The van der Waals surface area contributed by atoms with Gasteiger partial charge in [0.1, 0.15) is 11.5 Å². The number of carbonyl (C=O) groups is 1. The van der Waals surface area contributed by atoms with Gasteiger partial charge < -0.3 is 19.7 Å². The van der Waals surface area contributed by atoms with Crippen LogP contribution in [0, 0.1) is 0 Å². The van der Waals surface area contributed by atoms with Crippen LogP contribution in [-0.2, 0) is 9.84 Å². The number of hydrogen-bond acceptors (Lipinski definition) is 5. The molecule has 1 aromatic rings. The standard InChI is InChI=1S/C15H22N2O5S/c1-4-17(12-5-6-23(19,20)10-12)15(18)16-11-7-13(21-2)9-14(8-11)22-3/h7-9,12H,4-6,10H2,1-3H3,(H,16,18). The average molecular weight is 342 g/mol. The fourth-order valence-corrected chi connectivity index (χ4v) is 4.39. The zero-order chi connectivity index (χ0) is 17.0. The van der Waals surface area contributed by atoms with Gasteiger partial charge in [-0.15, -0.1) is 0 Å². The highest BCUT2D eigenvalue weighted by Gasteiger charge is 2.34. The highest BCUT2D eigenvalue weighted by Crippen LogP contribution is 2.26. The van der Waals surface area contributed by atoms with Gasteiger partial charge in [-0.1, -0.05) is 0 Å². The van der Waals surface area contributed by atoms with Gasteiger partial charge in [0, 0.05) is 36.5 Å². The second kappa shape index (κ2) is 7.08. The minimum absolute atomic E-state index is 0.0235. The number of ether oxygens (including phenoxy) is 2. The van der Waals surface area contributed by atoms with Crippen molar-refractivity contribution in [2.45, 2.75) is 19.4 Å². The zero-order valence-corrected chi connectivity index (χ0v) is 14.4. The quantitative estimate of drug-likeness (QED) is 0.881. The van der Waals surface area contributed by atoms with E-state index in [0.717, 1.165) is 0 Å². The van der Waals surface area contributed by atoms with Crippen molar-refractivity contribution in [3.05, 3.63) is 18.2 Å². The molecule has 2 amide bonds. The van der Waals surface area contributed by atoms with Gasteiger partial charge in [-0.05, 0) is 13.3 Å². The third-order valence-corrected chi connectivity index (χ3v) is 5.60. The van der Waals surface area contributed by atoms with E-state index in [1.165, 1.54) is 14.2 Å². The number of amides is 2. The van der Waals surface area contributed by atoms with Crippen molar-refractivity contribution < 1.29 is 22.7 Å². The maximum absolute atomic E-state index is 12.5. The maximum atomic E-state index is 12.5. The first-order valence-corrected chi connectivity index (χ1v) is 9.21. The predicted octanol–water partition coefficient (Wildman–Crippen LogP) is 1.74. The Morgan fingerprint density at radius 2 is 1.87 bits per heavy atom. The lowest BCUT2D eigenvalue weighted by molar-refractivity contribution is 0.197. The lowest BCUT2D eigenvalue weighted by Gasteiger charge is -2.27. The van der Waals surface area contributed by atoms with Crippen LogP contribution in [0.3, 0.4) is 0 Å². The Hall–Kier alpha value is -1.96. The minimum Gasteiger partial charge on any atom is -0.497 e. The van der Waals surface area contributed by atoms with Crippen LogP contribution >= 0.6 is 0 Å². The number of hydrogen-bond donors (Lipinski definition) is 1. The summed E-state index contributed by atoms with van der Waals surface area (Å²) in [5.74, 6) is 1.28. The number of nitrogens with one attached hydrogen (secondary N) is 1. The molecule has 0 radical (unpaired) electrons. The van der Waals surface area contributed by atoms with Gasteiger partial charge >= 0.3 is 6.03 Å². The van der Waals surface area contributed by atoms with E-state index >= 15 is 0 Å². The van der Waals surface area contributed by atoms with Gasteiger partial charge in [0.25, 0.3) is 0 Å². The molecule has 1 fully saturated rings. The van der Waals surface area contributed by atoms with Crippen molar-refractivity contribution in [3.63, 3.8) is 0 Å². The van der Waals surface area contributed by atoms with Crippen LogP contribution in [0.2, 0.25) is 0 Å². The molecular weight excluding hydrogens is 320 g/mol. The first-order chi connectivity index (χ1) is 10.9. The van der Waals surface area contributed by atoms with E-state index in [1.807, 2.05) is 6.92 Å². The van der Waals surface area contributed by atoms with Gasteiger partial charge in [-0.3, -0.25) is 0 Å². The molecule has 0 saturated carbocycles. The molecule has 8 heteroatoms. The molecule has 23 heavy (non-hydrogen) atoms. The Morgan fingerprint density at radius 3 is 2.30 bits per heavy atom. The minimum atomic E-state index is -3.04. The van der Waals surface area contributed by atoms with Gasteiger partial charge in [0.05, 0.1) is 25.7 Å². The summed E-state index contributed by atoms with van der Waals surface area (Å²) in [6, 6.07) is 4.46. The molecule has 1 unspecified atom stereocenters. The van der Waals surface area contributed by atoms with Gasteiger partial charge in [-0.25, -0.2) is 13.2 Å². The lowest BCUT2D eigenvalue weighted by Crippen LogP contribution is -2.43. The molecule has 128 valence electrons. The molecule has 7 nitrogen and oxygen atoms in total. The molecule has 1 aliphatic heterocycles. The number of benzene rings is 1. The van der Waals surface area contributed by atoms with E-state index in [0.29, 0.717) is 30.2 Å². The summed E-state index contributed by atoms with van der Waals surface area (Å²) in [6.07, 6.45) is 0.477. The summed E-state index contributed by atoms with van der Waals surface area (Å²) in [7, 11) is 0.0198. The molecule has 1 saturated heterocycles. The highest BCUT2D eigenvalue weighted by molar-refractivity contribution is 7.91. The predicted molar refractivity (Wildman–Crippen MR) is 88.0 cm³/mol. The van der Waals surface area contributed by atoms with Crippen LogP contribution in [0.4, 0.5) is 10.5 Å². The second-order valence-corrected chi connectivity index (χ2v) is 7.60. The lowest BCUT2D eigenvalue weighted by atomic mass is 10.2. The fourth-order valence-electron chi connectivity index (χ4n) is 2.66. The molecule has 1 aliphatic rings. The van der Waals surface area contributed by atoms with Crippen LogP contribution in [0.5, 0.6) is 11.5 Å². The Morgan fingerprint density at radius 1 is 1.26 bits per heavy atom. The topological polar surface area (TPSA) is 84.9 Å². The summed E-state index contributed by atoms with van der Waals surface area (Å²) < 4.78 is 33.6. The Kier molecular flexibility index (Phi) is 5.35. The molecule has 1 heterocycles. The van der Waals surface area contributed by atoms with Crippen molar-refractivity contribution in [1.29, 1.82) is 0 Å². The number of methoxy groups -OCH3 is 2. The van der Waals surface area contributed by atoms with E-state index in [2.05, 4.69) is 5.32 Å². The number of urea groups is 1. The number of anilines is 1. The smallest absolute Gasteiger partial charge is 0.322 e. The third kappa shape index (κ3) is 4.28. The van der Waals surface area contributed by atoms with Crippen LogP contribution in [-0.4, -0.2) is 57.7 Å². The van der Waals surface area contributed by atoms with Crippen LogP contribution in [0.15, 0.2) is 18.2 Å². The van der Waals surface area contributed by atoms with Crippen molar-refractivity contribution in [3.8, 4) is 11.5 Å². The van der Waals surface area contributed by atoms with Crippen molar-refractivity contribution in [2.24, 2.45) is 0 Å². The summed E-state index contributed by atoms with van der Waals surface area (Å²) in [5.41, 5.74) is 0.533. The molecule has 1 atom stereocenters. The van der Waals surface area contributed by atoms with Crippen molar-refractivity contribution in [2.75, 3.05) is 37.6 Å². The SMILES string of the molecule is CCN(C(=O)Nc1cc(OC)cc(OC)c1)C1CCS(=O)(=O)C1. The number of rotatable bonds is 5. The first kappa shape index (κ1) is 17.4. The summed E-state index contributed by atoms with van der Waals surface area (Å²) in [6.45, 7) is 2.27. The fraction of sp³-hybridized carbons (Fsp3) is 0.533. The van der Waals surface area contributed by atoms with Crippen LogP contribution < -0.4 is 14.8 Å². The van der Waals surface area contributed by atoms with Gasteiger partial charge in [-0.2, -0.15) is 0 Å². The summed E-state index contributed by atoms with van der Waals surface area (Å²) >= 11 is 0. The normalized spacial score (nSPS) is 19.2. The molecule has 0 spiro atoms. The highest BCUT2D eigenvalue weighted by atomic mass is 32.2. The molecule has 2 rings (SSSR count). The zero-order valence-electron chi connectivity index (χ0n) is 13.5. The van der Waals surface area contributed by atoms with E-state index in [1.54, 1.807) is 23.1 Å². The van der Waals surface area contributed by atoms with Crippen molar-refractivity contribution in [1.82, 2.24) is 4.90 Å². The Labute approximate surface area is 136 Å².